The van der Waals surface area contributed by atoms with E-state index in [4.69, 9.17) is 0 Å². The van der Waals surface area contributed by atoms with Gasteiger partial charge in [0.25, 0.3) is 0 Å². The summed E-state index contributed by atoms with van der Waals surface area (Å²) in [5, 5.41) is 8.56. The normalized spacial score (nSPS) is 42.9. The van der Waals surface area contributed by atoms with Crippen LogP contribution in [0.5, 0.6) is 0 Å². The first-order chi connectivity index (χ1) is 8.27. The Bertz CT molecular complexity index is 425. The van der Waals surface area contributed by atoms with Crippen LogP contribution in [0.4, 0.5) is 0 Å². The average Bonchev–Trinajstić information content (AvgIpc) is 2.76. The molecule has 3 heteroatoms. The monoisotopic (exact) mass is 229 g/mol. The molecule has 5 rings (SSSR count). The summed E-state index contributed by atoms with van der Waals surface area (Å²) in [7, 11) is 0. The zero-order valence-corrected chi connectivity index (χ0v) is 10.2. The molecule has 0 unspecified atom stereocenters. The summed E-state index contributed by atoms with van der Waals surface area (Å²) in [4.78, 5) is 0. The van der Waals surface area contributed by atoms with Crippen molar-refractivity contribution in [2.45, 2.75) is 44.1 Å². The second-order valence-corrected chi connectivity index (χ2v) is 6.43. The highest BCUT2D eigenvalue weighted by atomic mass is 15.4. The van der Waals surface area contributed by atoms with Crippen LogP contribution in [0.2, 0.25) is 0 Å². The van der Waals surface area contributed by atoms with Crippen LogP contribution in [0.3, 0.4) is 0 Å². The van der Waals surface area contributed by atoms with Crippen LogP contribution in [0.25, 0.3) is 6.08 Å². The van der Waals surface area contributed by atoms with Crippen molar-refractivity contribution in [2.75, 3.05) is 0 Å². The maximum absolute atomic E-state index is 4.37. The lowest BCUT2D eigenvalue weighted by Gasteiger charge is -2.56. The predicted octanol–water partition coefficient (Wildman–Crippen LogP) is 2.85. The highest BCUT2D eigenvalue weighted by Gasteiger charge is 2.52. The molecular weight excluding hydrogens is 210 g/mol. The number of rotatable bonds is 2. The van der Waals surface area contributed by atoms with Gasteiger partial charge in [0.05, 0.1) is 11.7 Å². The molecule has 1 heterocycles. The maximum atomic E-state index is 4.37. The van der Waals surface area contributed by atoms with Gasteiger partial charge in [-0.1, -0.05) is 11.8 Å². The van der Waals surface area contributed by atoms with Gasteiger partial charge in [0.15, 0.2) is 0 Å². The van der Waals surface area contributed by atoms with Gasteiger partial charge in [-0.15, -0.1) is 5.10 Å². The molecular formula is C14H19N3. The predicted molar refractivity (Wildman–Crippen MR) is 66.3 cm³/mol. The molecule has 90 valence electrons. The van der Waals surface area contributed by atoms with E-state index in [9.17, 15) is 0 Å². The molecule has 4 fully saturated rings. The van der Waals surface area contributed by atoms with Crippen LogP contribution < -0.4 is 0 Å². The molecule has 1 aromatic rings. The summed E-state index contributed by atoms with van der Waals surface area (Å²) in [6, 6.07) is 0. The number of aromatic nitrogens is 3. The van der Waals surface area contributed by atoms with E-state index in [0.717, 1.165) is 23.4 Å². The van der Waals surface area contributed by atoms with Gasteiger partial charge in [-0.2, -0.15) is 0 Å². The van der Waals surface area contributed by atoms with Crippen LogP contribution in [0, 0.1) is 17.8 Å². The fourth-order valence-electron chi connectivity index (χ4n) is 4.95. The van der Waals surface area contributed by atoms with Gasteiger partial charge in [0.1, 0.15) is 5.69 Å². The molecule has 0 spiro atoms. The fraction of sp³-hybridized carbons (Fsp3) is 0.714. The minimum absolute atomic E-state index is 0.309. The van der Waals surface area contributed by atoms with Gasteiger partial charge < -0.3 is 0 Å². The van der Waals surface area contributed by atoms with E-state index in [-0.39, 0.29) is 0 Å². The molecule has 0 saturated heterocycles. The fourth-order valence-corrected chi connectivity index (χ4v) is 4.95. The minimum Gasteiger partial charge on any atom is -0.246 e. The Labute approximate surface area is 102 Å². The largest absolute Gasteiger partial charge is 0.246 e. The van der Waals surface area contributed by atoms with Gasteiger partial charge in [-0.3, -0.25) is 0 Å². The molecule has 0 aromatic carbocycles. The van der Waals surface area contributed by atoms with Crippen molar-refractivity contribution in [3.63, 3.8) is 0 Å². The smallest absolute Gasteiger partial charge is 0.105 e. The van der Waals surface area contributed by atoms with Gasteiger partial charge >= 0.3 is 0 Å². The molecule has 4 saturated carbocycles. The molecule has 17 heavy (non-hydrogen) atoms. The van der Waals surface area contributed by atoms with Crippen molar-refractivity contribution < 1.29 is 0 Å². The Kier molecular flexibility index (Phi) is 1.86. The lowest BCUT2D eigenvalue weighted by atomic mass is 9.53. The lowest BCUT2D eigenvalue weighted by molar-refractivity contribution is -0.0502. The van der Waals surface area contributed by atoms with Crippen LogP contribution in [-0.4, -0.2) is 15.0 Å². The molecule has 4 bridgehead atoms. The third kappa shape index (κ3) is 1.34. The summed E-state index contributed by atoms with van der Waals surface area (Å²) >= 11 is 0. The first-order valence-electron chi connectivity index (χ1n) is 6.83. The van der Waals surface area contributed by atoms with Crippen LogP contribution in [0.1, 0.15) is 44.2 Å². The van der Waals surface area contributed by atoms with Crippen LogP contribution in [-0.2, 0) is 5.54 Å². The average molecular weight is 229 g/mol. The zero-order valence-electron chi connectivity index (χ0n) is 10.2. The standard InChI is InChI=1S/C14H19N3/c1-2-13-9-17(16-15-13)14-6-10-3-11(7-14)5-12(4-10)8-14/h2,9-12H,1,3-8H2. The second kappa shape index (κ2) is 3.21. The Hall–Kier alpha value is -1.12. The molecule has 1 aromatic heterocycles. The zero-order chi connectivity index (χ0) is 11.5. The summed E-state index contributed by atoms with van der Waals surface area (Å²) in [5.74, 6) is 2.87. The van der Waals surface area contributed by atoms with Crippen molar-refractivity contribution >= 4 is 6.08 Å². The Morgan fingerprint density at radius 3 is 2.24 bits per heavy atom. The van der Waals surface area contributed by atoms with E-state index in [0.29, 0.717) is 5.54 Å². The summed E-state index contributed by atoms with van der Waals surface area (Å²) in [6.45, 7) is 3.77. The Balaban J connectivity index is 1.74. The van der Waals surface area contributed by atoms with Crippen molar-refractivity contribution in [3.05, 3.63) is 18.5 Å². The number of nitrogens with zero attached hydrogens (tertiary/aromatic N) is 3. The highest BCUT2D eigenvalue weighted by molar-refractivity contribution is 5.38. The van der Waals surface area contributed by atoms with Crippen molar-refractivity contribution in [1.29, 1.82) is 0 Å². The third-order valence-electron chi connectivity index (χ3n) is 5.21. The molecule has 4 aliphatic carbocycles. The minimum atomic E-state index is 0.309. The summed E-state index contributed by atoms with van der Waals surface area (Å²) in [6.07, 6.45) is 12.3. The van der Waals surface area contributed by atoms with Crippen LogP contribution in [0.15, 0.2) is 12.8 Å². The van der Waals surface area contributed by atoms with E-state index >= 15 is 0 Å². The van der Waals surface area contributed by atoms with E-state index in [1.165, 1.54) is 38.5 Å². The van der Waals surface area contributed by atoms with E-state index in [1.54, 1.807) is 6.08 Å². The maximum Gasteiger partial charge on any atom is 0.105 e. The van der Waals surface area contributed by atoms with E-state index in [2.05, 4.69) is 27.8 Å². The Morgan fingerprint density at radius 2 is 1.76 bits per heavy atom. The second-order valence-electron chi connectivity index (χ2n) is 6.43. The Morgan fingerprint density at radius 1 is 1.18 bits per heavy atom. The summed E-state index contributed by atoms with van der Waals surface area (Å²) < 4.78 is 2.18. The molecule has 0 aliphatic heterocycles. The molecule has 0 N–H and O–H groups in total. The first kappa shape index (κ1) is 9.86. The number of hydrogen-bond acceptors (Lipinski definition) is 2. The lowest BCUT2D eigenvalue weighted by Crippen LogP contribution is -2.52. The van der Waals surface area contributed by atoms with Crippen molar-refractivity contribution in [2.24, 2.45) is 17.8 Å². The van der Waals surface area contributed by atoms with E-state index < -0.39 is 0 Å². The molecule has 0 radical (unpaired) electrons. The van der Waals surface area contributed by atoms with Gasteiger partial charge in [0.2, 0.25) is 0 Å². The highest BCUT2D eigenvalue weighted by Crippen LogP contribution is 2.58. The summed E-state index contributed by atoms with van der Waals surface area (Å²) in [5.41, 5.74) is 1.23. The number of hydrogen-bond donors (Lipinski definition) is 0. The van der Waals surface area contributed by atoms with Gasteiger partial charge in [-0.05, 0) is 62.4 Å². The molecule has 3 nitrogen and oxygen atoms in total. The quantitative estimate of drug-likeness (QED) is 0.780. The molecule has 0 atom stereocenters. The topological polar surface area (TPSA) is 30.7 Å². The van der Waals surface area contributed by atoms with Gasteiger partial charge in [-0.25, -0.2) is 4.68 Å². The molecule has 0 amide bonds. The molecule has 4 aliphatic rings. The SMILES string of the molecule is C=Cc1cn(C23CC4CC(CC(C4)C2)C3)nn1. The van der Waals surface area contributed by atoms with Gasteiger partial charge in [0, 0.05) is 0 Å². The third-order valence-corrected chi connectivity index (χ3v) is 5.21. The first-order valence-corrected chi connectivity index (χ1v) is 6.83. The van der Waals surface area contributed by atoms with Crippen molar-refractivity contribution in [1.82, 2.24) is 15.0 Å². The van der Waals surface area contributed by atoms with E-state index in [1.807, 2.05) is 0 Å². The van der Waals surface area contributed by atoms with Crippen molar-refractivity contribution in [3.8, 4) is 0 Å². The van der Waals surface area contributed by atoms with Crippen LogP contribution >= 0.6 is 0 Å².